The van der Waals surface area contributed by atoms with Crippen LogP contribution in [0, 0.1) is 47.3 Å². The van der Waals surface area contributed by atoms with Gasteiger partial charge in [-0.2, -0.15) is 0 Å². The summed E-state index contributed by atoms with van der Waals surface area (Å²) in [6.07, 6.45) is 22.4. The van der Waals surface area contributed by atoms with Gasteiger partial charge in [-0.05, 0) is 209 Å². The maximum atomic E-state index is 16.4. The summed E-state index contributed by atoms with van der Waals surface area (Å²) in [4.78, 5) is 47.5. The maximum absolute atomic E-state index is 16.4. The van der Waals surface area contributed by atoms with Gasteiger partial charge in [0.2, 0.25) is 0 Å². The van der Waals surface area contributed by atoms with E-state index in [-0.39, 0.29) is 114 Å². The molecule has 1 aromatic heterocycles. The normalized spacial score (nSPS) is 32.9. The van der Waals surface area contributed by atoms with Gasteiger partial charge in [0.25, 0.3) is 0 Å². The molecule has 16 atom stereocenters. The number of fused-ring (bicyclic) bond motifs is 16. The highest BCUT2D eigenvalue weighted by molar-refractivity contribution is 5.91. The van der Waals surface area contributed by atoms with Crippen LogP contribution in [0.25, 0.3) is 23.1 Å². The van der Waals surface area contributed by atoms with Gasteiger partial charge in [-0.1, -0.05) is 134 Å². The van der Waals surface area contributed by atoms with Crippen LogP contribution in [0.5, 0.6) is 5.75 Å². The van der Waals surface area contributed by atoms with Gasteiger partial charge in [-0.25, -0.2) is 9.59 Å². The summed E-state index contributed by atoms with van der Waals surface area (Å²) in [5.41, 5.74) is 13.8. The topological polar surface area (TPSA) is 162 Å². The molecule has 4 heterocycles. The first kappa shape index (κ1) is 59.2. The smallest absolute Gasteiger partial charge is 0.340 e. The van der Waals surface area contributed by atoms with E-state index in [4.69, 9.17) is 23.4 Å². The largest absolute Gasteiger partial charge is 0.481 e. The van der Waals surface area contributed by atoms with E-state index in [1.54, 1.807) is 13.0 Å². The van der Waals surface area contributed by atoms with Crippen molar-refractivity contribution < 1.29 is 48.3 Å². The molecule has 2 spiro atoms. The van der Waals surface area contributed by atoms with E-state index in [0.29, 0.717) is 65.4 Å². The number of ether oxygens (including phenoxy) is 4. The van der Waals surface area contributed by atoms with Gasteiger partial charge in [0.1, 0.15) is 11.3 Å². The van der Waals surface area contributed by atoms with Crippen molar-refractivity contribution in [2.45, 2.75) is 169 Å². The Kier molecular flexibility index (Phi) is 14.7. The monoisotopic (exact) mass is 1240 g/mol. The highest BCUT2D eigenvalue weighted by Crippen LogP contribution is 2.65. The zero-order valence-electron chi connectivity index (χ0n) is 53.2. The van der Waals surface area contributed by atoms with Crippen LogP contribution < -0.4 is 10.4 Å². The van der Waals surface area contributed by atoms with Gasteiger partial charge in [-0.3, -0.25) is 4.79 Å². The molecule has 93 heavy (non-hydrogen) atoms. The zero-order valence-corrected chi connectivity index (χ0v) is 53.2. The molecule has 6 aromatic rings. The summed E-state index contributed by atoms with van der Waals surface area (Å²) in [5, 5.41) is 33.3. The molecule has 8 aliphatic carbocycles. The number of esters is 2. The first-order valence-electron chi connectivity index (χ1n) is 34.7. The molecule has 11 aliphatic rings. The Hall–Kier alpha value is -7.59. The van der Waals surface area contributed by atoms with Crippen molar-refractivity contribution in [3.63, 3.8) is 0 Å². The predicted molar refractivity (Wildman–Crippen MR) is 356 cm³/mol. The maximum Gasteiger partial charge on any atom is 0.340 e. The van der Waals surface area contributed by atoms with Crippen molar-refractivity contribution in [2.75, 3.05) is 26.9 Å². The molecule has 5 bridgehead atoms. The molecule has 3 N–H and O–H groups in total. The number of aliphatic hydroxyl groups excluding tert-OH is 3. The molecule has 11 nitrogen and oxygen atoms in total. The van der Waals surface area contributed by atoms with Gasteiger partial charge in [0.15, 0.2) is 17.8 Å². The molecule has 3 fully saturated rings. The molecule has 5 aromatic carbocycles. The van der Waals surface area contributed by atoms with E-state index < -0.39 is 47.9 Å². The number of methoxy groups -OCH3 is 1. The standard InChI is InChI=1S/C82H82O11/c1-45(42-84)64-38-49-20-21-50-39-66-60-28-23-46-11-3-5-15-55(46)65(60)41-70(66)81-35-8-7-16-62-59(31-30-58(49)73(50)62)57-27-24-48(56-17-10-19-69-61(56)29-26-54-14-9-13-53-25-22-47-12-4-6-18-68(47)82(53,54)69)37-52(57)40-72(86)90-77(78(81)92-79(64)87)75-71(93-81)33-32-63-67(43-85)74(80(88)91-76(63)75)51(34-36-83)44-89-2/h3-6,10-12,15,17-19,22-25,27-28,30-33,48-54,57,60,65-66,70,77-78,83-85H,9,13-14,16,20-21,26,29,34-44H2,1-2H3. The zero-order chi connectivity index (χ0) is 63.0. The van der Waals surface area contributed by atoms with Gasteiger partial charge in [-0.15, -0.1) is 0 Å². The van der Waals surface area contributed by atoms with Crippen molar-refractivity contribution >= 4 is 35.1 Å². The molecular weight excluding hydrogens is 1160 g/mol. The minimum atomic E-state index is -1.46. The van der Waals surface area contributed by atoms with Crippen LogP contribution in [0.4, 0.5) is 0 Å². The van der Waals surface area contributed by atoms with Gasteiger partial charge >= 0.3 is 17.6 Å². The number of carbonyl (C=O) groups excluding carboxylic acids is 2. The molecule has 3 aliphatic heterocycles. The van der Waals surface area contributed by atoms with E-state index in [1.807, 2.05) is 6.07 Å². The Morgan fingerprint density at radius 1 is 0.742 bits per heavy atom. The Morgan fingerprint density at radius 2 is 1.56 bits per heavy atom. The summed E-state index contributed by atoms with van der Waals surface area (Å²) in [7, 11) is 1.53. The summed E-state index contributed by atoms with van der Waals surface area (Å²) < 4.78 is 34.9. The van der Waals surface area contributed by atoms with Crippen LogP contribution in [0.2, 0.25) is 0 Å². The number of benzene rings is 5. The number of carbonyl (C=O) groups is 2. The second-order valence-electron chi connectivity index (χ2n) is 29.3. The SMILES string of the molecule is COCC(CCO)c1c(CO)c2ccc3c(c2oc1=O)C1OC(=O)CC2CC(c4cccc5c4CCC4CCCC6C=Cc7ccccc7C564)C=CC2c2ccc4c5c2CC#CCC2(O3)C3CC6c7ccccc7C=CC6C3CC5CCC4CC(=C(C)CO)C(=O)OC12. The van der Waals surface area contributed by atoms with Gasteiger partial charge < -0.3 is 38.7 Å². The van der Waals surface area contributed by atoms with Gasteiger partial charge in [0.05, 0.1) is 31.8 Å². The predicted octanol–water partition coefficient (Wildman–Crippen LogP) is 14.3. The van der Waals surface area contributed by atoms with Gasteiger partial charge in [0, 0.05) is 72.2 Å². The molecule has 17 rings (SSSR count). The third kappa shape index (κ3) is 9.00. The highest BCUT2D eigenvalue weighted by atomic mass is 16.6. The number of aliphatic hydroxyl groups is 3. The quantitative estimate of drug-likeness (QED) is 0.0437. The average molecular weight is 1240 g/mol. The summed E-state index contributed by atoms with van der Waals surface area (Å²) in [6.45, 7) is 0.725. The van der Waals surface area contributed by atoms with E-state index in [9.17, 15) is 20.1 Å². The van der Waals surface area contributed by atoms with E-state index in [0.717, 1.165) is 38.5 Å². The third-order valence-electron chi connectivity index (χ3n) is 25.3. The molecule has 0 radical (unpaired) electrons. The summed E-state index contributed by atoms with van der Waals surface area (Å²) >= 11 is 0. The summed E-state index contributed by atoms with van der Waals surface area (Å²) in [6, 6.07) is 33.2. The lowest BCUT2D eigenvalue weighted by molar-refractivity contribution is -0.205. The van der Waals surface area contributed by atoms with Crippen molar-refractivity contribution in [1.29, 1.82) is 0 Å². The van der Waals surface area contributed by atoms with E-state index in [2.05, 4.69) is 127 Å². The molecule has 11 heteroatoms. The van der Waals surface area contributed by atoms with Crippen molar-refractivity contribution in [1.82, 2.24) is 0 Å². The minimum Gasteiger partial charge on any atom is -0.481 e. The molecular formula is C82H82O11. The second-order valence-corrected chi connectivity index (χ2v) is 29.3. The number of allylic oxidation sites excluding steroid dienone is 4. The molecule has 2 saturated carbocycles. The Labute approximate surface area is 544 Å². The fraction of sp³-hybridized carbons (Fsp3) is 0.451. The molecule has 476 valence electrons. The lowest BCUT2D eigenvalue weighted by atomic mass is 9.48. The Bertz CT molecular complexity index is 4330. The van der Waals surface area contributed by atoms with Crippen LogP contribution in [0.1, 0.15) is 210 Å². The average Bonchev–Trinajstić information content (AvgIpc) is 1.27. The highest BCUT2D eigenvalue weighted by Gasteiger charge is 2.65. The molecule has 1 saturated heterocycles. The number of hydrogen-bond donors (Lipinski definition) is 3. The minimum absolute atomic E-state index is 0.00820. The van der Waals surface area contributed by atoms with E-state index in [1.165, 1.54) is 81.1 Å². The lowest BCUT2D eigenvalue weighted by Crippen LogP contribution is -2.61. The molecule has 16 unspecified atom stereocenters. The Morgan fingerprint density at radius 3 is 2.42 bits per heavy atom. The van der Waals surface area contributed by atoms with Crippen LogP contribution in [0.3, 0.4) is 0 Å². The second kappa shape index (κ2) is 23.1. The Balaban J connectivity index is 0.904. The van der Waals surface area contributed by atoms with Crippen molar-refractivity contribution in [2.24, 2.45) is 35.5 Å². The van der Waals surface area contributed by atoms with Crippen LogP contribution in [0.15, 0.2) is 136 Å². The summed E-state index contributed by atoms with van der Waals surface area (Å²) in [5.74, 6) is 6.47. The van der Waals surface area contributed by atoms with Crippen molar-refractivity contribution in [3.05, 3.63) is 215 Å². The number of hydrogen-bond acceptors (Lipinski definition) is 11. The molecule has 0 amide bonds. The first-order chi connectivity index (χ1) is 45.5. The van der Waals surface area contributed by atoms with Crippen molar-refractivity contribution in [3.8, 4) is 17.6 Å². The van der Waals surface area contributed by atoms with Crippen LogP contribution in [-0.4, -0.2) is 65.9 Å². The fourth-order valence-corrected chi connectivity index (χ4v) is 21.5. The van der Waals surface area contributed by atoms with Crippen LogP contribution >= 0.6 is 0 Å². The lowest BCUT2D eigenvalue weighted by Gasteiger charge is -2.55. The fourth-order valence-electron chi connectivity index (χ4n) is 21.5. The number of rotatable bonds is 8. The van der Waals surface area contributed by atoms with Crippen LogP contribution in [-0.2, 0) is 48.7 Å². The first-order valence-corrected chi connectivity index (χ1v) is 34.7. The van der Waals surface area contributed by atoms with E-state index >= 15 is 9.59 Å². The third-order valence-corrected chi connectivity index (χ3v) is 25.3.